The molecule has 388 valence electrons. The van der Waals surface area contributed by atoms with E-state index in [1.54, 1.807) is 6.92 Å². The molecule has 17 nitrogen and oxygen atoms in total. The van der Waals surface area contributed by atoms with E-state index < -0.39 is 32.1 Å². The van der Waals surface area contributed by atoms with E-state index in [1.807, 2.05) is 24.3 Å². The number of nitrogens with one attached hydrogen (secondary N) is 3. The molecular weight excluding hydrogens is 953 g/mol. The van der Waals surface area contributed by atoms with Gasteiger partial charge in [0.2, 0.25) is 15.9 Å². The van der Waals surface area contributed by atoms with Crippen LogP contribution in [0.15, 0.2) is 94.8 Å². The number of hydrogen-bond acceptors (Lipinski definition) is 16. The van der Waals surface area contributed by atoms with Gasteiger partial charge < -0.3 is 50.0 Å². The molecule has 4 aromatic carbocycles. The molecule has 0 spiro atoms. The number of nitrogens with zero attached hydrogens (tertiary/aromatic N) is 1. The molecule has 0 amide bonds. The summed E-state index contributed by atoms with van der Waals surface area (Å²) in [7, 11) is -7.11. The van der Waals surface area contributed by atoms with Crippen molar-refractivity contribution in [3.63, 3.8) is 0 Å². The summed E-state index contributed by atoms with van der Waals surface area (Å²) in [6.07, 6.45) is 8.75. The lowest BCUT2D eigenvalue weighted by atomic mass is 9.81. The number of ether oxygens (including phenoxy) is 4. The van der Waals surface area contributed by atoms with E-state index in [2.05, 4.69) is 58.5 Å². The molecule has 7 N–H and O–H groups in total. The molecule has 0 radical (unpaired) electrons. The smallest absolute Gasteiger partial charge is 0.338 e. The van der Waals surface area contributed by atoms with Crippen molar-refractivity contribution in [2.75, 3.05) is 56.8 Å². The third kappa shape index (κ3) is 17.1. The fourth-order valence-corrected chi connectivity index (χ4v) is 10.2. The summed E-state index contributed by atoms with van der Waals surface area (Å²) < 4.78 is 70.4. The molecule has 0 bridgehead atoms. The van der Waals surface area contributed by atoms with E-state index >= 15 is 0 Å². The molecule has 2 aliphatic carbocycles. The van der Waals surface area contributed by atoms with Crippen LogP contribution >= 0.6 is 0 Å². The first-order valence-corrected chi connectivity index (χ1v) is 28.0. The first-order chi connectivity index (χ1) is 33.6. The Kier molecular flexibility index (Phi) is 19.2. The monoisotopic (exact) mass is 1020 g/mol. The van der Waals surface area contributed by atoms with E-state index in [-0.39, 0.29) is 52.6 Å². The number of rotatable bonds is 20. The minimum Gasteiger partial charge on any atom is -0.507 e. The van der Waals surface area contributed by atoms with E-state index in [0.717, 1.165) is 75.3 Å². The second kappa shape index (κ2) is 24.8. The maximum absolute atomic E-state index is 11.8. The molecule has 3 aliphatic rings. The SMILES string of the molecule is CC1(C)COC(c2ccc(C3CCC(NC[C@H](O)COc4ccc(O)c(NS(C)(=O)=O)c4)CC3)cc2)=N1.CCOC(=O)c1ccc(C2CCC(NC[C@H](O)COc3ccc(O)c(S(C)(=O)=O)c3)CC2)cc1. The number of sulfonamides is 1. The van der Waals surface area contributed by atoms with Gasteiger partial charge in [-0.15, -0.1) is 0 Å². The topological polar surface area (TPSA) is 252 Å². The minimum atomic E-state index is -3.58. The van der Waals surface area contributed by atoms with Crippen LogP contribution in [0.4, 0.5) is 5.69 Å². The number of phenolic OH excluding ortho intramolecular Hbond substituents is 2. The molecule has 71 heavy (non-hydrogen) atoms. The molecule has 1 heterocycles. The van der Waals surface area contributed by atoms with Gasteiger partial charge in [0.1, 0.15) is 59.9 Å². The number of esters is 1. The van der Waals surface area contributed by atoms with Gasteiger partial charge in [0.15, 0.2) is 9.84 Å². The second-order valence-corrected chi connectivity index (χ2v) is 23.0. The highest BCUT2D eigenvalue weighted by atomic mass is 32.2. The molecule has 19 heteroatoms. The van der Waals surface area contributed by atoms with Crippen LogP contribution in [-0.4, -0.2) is 131 Å². The summed E-state index contributed by atoms with van der Waals surface area (Å²) in [6.45, 7) is 7.71. The van der Waals surface area contributed by atoms with Crippen LogP contribution in [-0.2, 0) is 29.3 Å². The number of aliphatic hydroxyl groups is 2. The Balaban J connectivity index is 0.000000233. The van der Waals surface area contributed by atoms with Crippen LogP contribution < -0.4 is 24.8 Å². The van der Waals surface area contributed by atoms with Crippen LogP contribution in [0.2, 0.25) is 0 Å². The Hall–Kier alpha value is -5.44. The molecule has 2 saturated carbocycles. The van der Waals surface area contributed by atoms with E-state index in [9.17, 15) is 42.1 Å². The van der Waals surface area contributed by atoms with Crippen LogP contribution in [0.3, 0.4) is 0 Å². The standard InChI is InChI=1S/C27H37N3O6S.C25H33NO7S/c1-27(2)17-36-26(29-27)20-6-4-18(5-7-20)19-8-10-21(11-9-19)28-15-22(31)16-35-23-12-13-25(32)24(14-23)30-37(3,33)34;1-3-32-25(29)19-6-4-17(5-7-19)18-8-10-20(11-9-18)26-15-21(27)16-33-22-12-13-23(28)24(14-22)34(2,30)31/h4-7,12-14,19,21-22,28,30-32H,8-11,15-17H2,1-3H3;4-7,12-14,18,20-21,26-28H,3,8-11,15-16H2,1-2H3/t19?,21?,22-;18?,20?,21-/m00/s1. The summed E-state index contributed by atoms with van der Waals surface area (Å²) in [6, 6.07) is 25.1. The predicted octanol–water partition coefficient (Wildman–Crippen LogP) is 6.40. The number of hydrogen-bond donors (Lipinski definition) is 7. The Bertz CT molecular complexity index is 2630. The second-order valence-electron chi connectivity index (χ2n) is 19.3. The van der Waals surface area contributed by atoms with Crippen molar-refractivity contribution in [1.29, 1.82) is 0 Å². The summed E-state index contributed by atoms with van der Waals surface area (Å²) in [5.41, 5.74) is 4.03. The number of aliphatic imine (C=N–C) groups is 1. The van der Waals surface area contributed by atoms with Crippen molar-refractivity contribution in [2.24, 2.45) is 4.99 Å². The zero-order valence-electron chi connectivity index (χ0n) is 41.2. The maximum Gasteiger partial charge on any atom is 0.338 e. The first-order valence-electron chi connectivity index (χ1n) is 24.2. The van der Waals surface area contributed by atoms with Crippen molar-refractivity contribution in [2.45, 2.75) is 119 Å². The van der Waals surface area contributed by atoms with Crippen LogP contribution in [0.1, 0.15) is 111 Å². The minimum absolute atomic E-state index is 0.00311. The Morgan fingerprint density at radius 2 is 1.21 bits per heavy atom. The summed E-state index contributed by atoms with van der Waals surface area (Å²) in [5, 5.41) is 47.0. The third-order valence-corrected chi connectivity index (χ3v) is 14.4. The van der Waals surface area contributed by atoms with Crippen LogP contribution in [0.5, 0.6) is 23.0 Å². The number of benzene rings is 4. The van der Waals surface area contributed by atoms with Crippen molar-refractivity contribution in [1.82, 2.24) is 10.6 Å². The molecular formula is C52H70N4O13S2. The quantitative estimate of drug-likeness (QED) is 0.0374. The molecule has 1 aliphatic heterocycles. The van der Waals surface area contributed by atoms with Gasteiger partial charge in [0.05, 0.1) is 29.7 Å². The number of sulfone groups is 1. The molecule has 0 unspecified atom stereocenters. The lowest BCUT2D eigenvalue weighted by molar-refractivity contribution is 0.0526. The highest BCUT2D eigenvalue weighted by molar-refractivity contribution is 7.92. The molecule has 4 aromatic rings. The highest BCUT2D eigenvalue weighted by Gasteiger charge is 2.28. The van der Waals surface area contributed by atoms with Gasteiger partial charge in [0.25, 0.3) is 0 Å². The number of phenols is 2. The number of anilines is 1. The van der Waals surface area contributed by atoms with Crippen LogP contribution in [0.25, 0.3) is 0 Å². The summed E-state index contributed by atoms with van der Waals surface area (Å²) in [4.78, 5) is 16.2. The number of carbonyl (C=O) groups is 1. The summed E-state index contributed by atoms with van der Waals surface area (Å²) >= 11 is 0. The van der Waals surface area contributed by atoms with Crippen molar-refractivity contribution in [3.05, 3.63) is 107 Å². The lowest BCUT2D eigenvalue weighted by Gasteiger charge is -2.30. The van der Waals surface area contributed by atoms with Crippen molar-refractivity contribution >= 4 is 37.4 Å². The zero-order chi connectivity index (χ0) is 51.3. The van der Waals surface area contributed by atoms with E-state index in [1.165, 1.54) is 47.5 Å². The van der Waals surface area contributed by atoms with Gasteiger partial charge in [-0.25, -0.2) is 26.6 Å². The van der Waals surface area contributed by atoms with E-state index in [4.69, 9.17) is 18.9 Å². The molecule has 0 aromatic heterocycles. The largest absolute Gasteiger partial charge is 0.507 e. The average molecular weight is 1020 g/mol. The predicted molar refractivity (Wildman–Crippen MR) is 272 cm³/mol. The van der Waals surface area contributed by atoms with Crippen molar-refractivity contribution < 1.29 is 61.0 Å². The number of carbonyl (C=O) groups excluding carboxylic acids is 1. The molecule has 2 fully saturated rings. The van der Waals surface area contributed by atoms with Gasteiger partial charge in [-0.05, 0) is 144 Å². The summed E-state index contributed by atoms with van der Waals surface area (Å²) in [5.74, 6) is 1.48. The zero-order valence-corrected chi connectivity index (χ0v) is 42.8. The lowest BCUT2D eigenvalue weighted by Crippen LogP contribution is -2.39. The molecule has 2 atom stereocenters. The van der Waals surface area contributed by atoms with Gasteiger partial charge in [-0.3, -0.25) is 4.72 Å². The fraction of sp³-hybridized carbons (Fsp3) is 0.500. The van der Waals surface area contributed by atoms with Crippen molar-refractivity contribution in [3.8, 4) is 23.0 Å². The Morgan fingerprint density at radius 1 is 0.718 bits per heavy atom. The molecule has 0 saturated heterocycles. The maximum atomic E-state index is 11.8. The number of aliphatic hydroxyl groups excluding tert-OH is 2. The van der Waals surface area contributed by atoms with Gasteiger partial charge in [-0.2, -0.15) is 0 Å². The fourth-order valence-electron chi connectivity index (χ4n) is 8.87. The van der Waals surface area contributed by atoms with Crippen LogP contribution in [0, 0.1) is 0 Å². The highest BCUT2D eigenvalue weighted by Crippen LogP contribution is 2.35. The van der Waals surface area contributed by atoms with Gasteiger partial charge in [-0.1, -0.05) is 24.3 Å². The molecule has 7 rings (SSSR count). The third-order valence-electron chi connectivity index (χ3n) is 12.7. The average Bonchev–Trinajstić information content (AvgIpc) is 3.71. The Labute approximate surface area is 418 Å². The number of aromatic hydroxyl groups is 2. The van der Waals surface area contributed by atoms with Gasteiger partial charge >= 0.3 is 5.97 Å². The van der Waals surface area contributed by atoms with E-state index in [0.29, 0.717) is 61.5 Å². The Morgan fingerprint density at radius 3 is 1.68 bits per heavy atom. The first kappa shape index (κ1) is 54.9. The van der Waals surface area contributed by atoms with Gasteiger partial charge in [0, 0.05) is 49.1 Å². The normalized spacial score (nSPS) is 20.8.